The van der Waals surface area contributed by atoms with Crippen LogP contribution in [0, 0.1) is 10.1 Å². The van der Waals surface area contributed by atoms with Gasteiger partial charge < -0.3 is 15.0 Å². The minimum atomic E-state index is -0.417. The summed E-state index contributed by atoms with van der Waals surface area (Å²) in [6.07, 6.45) is 0.579. The van der Waals surface area contributed by atoms with E-state index < -0.39 is 4.92 Å². The molecule has 2 atom stereocenters. The molecule has 3 aromatic rings. The summed E-state index contributed by atoms with van der Waals surface area (Å²) in [4.78, 5) is 26.2. The summed E-state index contributed by atoms with van der Waals surface area (Å²) in [5, 5.41) is 14.0. The molecule has 0 saturated heterocycles. The average Bonchev–Trinajstić information content (AvgIpc) is 3.05. The van der Waals surface area contributed by atoms with E-state index in [9.17, 15) is 14.9 Å². The number of H-pyrrole nitrogens is 1. The molecule has 0 fully saturated rings. The number of carbonyl (C=O) groups excluding carboxylic acids is 1. The Morgan fingerprint density at radius 1 is 1.23 bits per heavy atom. The highest BCUT2D eigenvalue weighted by Crippen LogP contribution is 2.32. The number of nitro groups is 1. The number of aromatic amines is 1. The Labute approximate surface area is 149 Å². The number of nitrogens with two attached hydrogens (primary N) is 1. The lowest BCUT2D eigenvalue weighted by atomic mass is 9.90. The highest BCUT2D eigenvalue weighted by atomic mass is 16.6. The Morgan fingerprint density at radius 3 is 2.65 bits per heavy atom. The van der Waals surface area contributed by atoms with Crippen molar-refractivity contribution >= 4 is 22.6 Å². The zero-order valence-corrected chi connectivity index (χ0v) is 14.1. The highest BCUT2D eigenvalue weighted by molar-refractivity contribution is 5.86. The van der Waals surface area contributed by atoms with Crippen LogP contribution in [0.1, 0.15) is 22.9 Å². The molecule has 2 heterocycles. The van der Waals surface area contributed by atoms with Gasteiger partial charge in [0.25, 0.3) is 5.69 Å². The Morgan fingerprint density at radius 2 is 1.96 bits per heavy atom. The van der Waals surface area contributed by atoms with Crippen LogP contribution in [0.5, 0.6) is 0 Å². The van der Waals surface area contributed by atoms with Crippen LogP contribution in [-0.4, -0.2) is 29.0 Å². The Kier molecular flexibility index (Phi) is 3.93. The fourth-order valence-electron chi connectivity index (χ4n) is 3.72. The smallest absolute Gasteiger partial charge is 0.364 e. The van der Waals surface area contributed by atoms with E-state index in [0.29, 0.717) is 6.42 Å². The van der Waals surface area contributed by atoms with Gasteiger partial charge in [0.1, 0.15) is 0 Å². The topological polar surface area (TPSA) is 102 Å². The van der Waals surface area contributed by atoms with Crippen molar-refractivity contribution in [3.8, 4) is 0 Å². The first-order valence-corrected chi connectivity index (χ1v) is 8.35. The van der Waals surface area contributed by atoms with Crippen molar-refractivity contribution in [2.24, 2.45) is 0 Å². The number of nitrogens with one attached hydrogen (secondary N) is 1. The largest absolute Gasteiger partial charge is 0.465 e. The van der Waals surface area contributed by atoms with Crippen LogP contribution in [0.3, 0.4) is 0 Å². The Bertz CT molecular complexity index is 994. The maximum absolute atomic E-state index is 12.2. The molecule has 0 aliphatic carbocycles. The van der Waals surface area contributed by atoms with E-state index in [1.807, 2.05) is 29.6 Å². The van der Waals surface area contributed by atoms with E-state index in [-0.39, 0.29) is 23.7 Å². The van der Waals surface area contributed by atoms with Gasteiger partial charge in [0.05, 0.1) is 17.7 Å². The average molecular weight is 352 g/mol. The first-order valence-electron chi connectivity index (χ1n) is 8.35. The Balaban J connectivity index is 1.83. The summed E-state index contributed by atoms with van der Waals surface area (Å²) in [7, 11) is 1.39. The predicted molar refractivity (Wildman–Crippen MR) is 94.7 cm³/mol. The number of nitro benzene ring substituents is 1. The summed E-state index contributed by atoms with van der Waals surface area (Å²) in [6.45, 7) is 0. The predicted octanol–water partition coefficient (Wildman–Crippen LogP) is 1.83. The van der Waals surface area contributed by atoms with Crippen molar-refractivity contribution < 1.29 is 19.8 Å². The number of para-hydroxylation sites is 1. The number of methoxy groups -OCH3 is 1. The van der Waals surface area contributed by atoms with E-state index in [1.165, 1.54) is 19.2 Å². The number of esters is 1. The van der Waals surface area contributed by atoms with Crippen LogP contribution < -0.4 is 5.32 Å². The first kappa shape index (κ1) is 16.3. The number of aromatic nitrogens is 1. The monoisotopic (exact) mass is 352 g/mol. The third-order valence-electron chi connectivity index (χ3n) is 4.97. The number of carbonyl (C=O) groups is 1. The molecule has 132 valence electrons. The lowest BCUT2D eigenvalue weighted by molar-refractivity contribution is -0.712. The molecule has 0 amide bonds. The molecule has 3 N–H and O–H groups in total. The number of hydrogen-bond donors (Lipinski definition) is 2. The molecule has 4 rings (SSSR count). The fourth-order valence-corrected chi connectivity index (χ4v) is 3.72. The molecule has 0 radical (unpaired) electrons. The third-order valence-corrected chi connectivity index (χ3v) is 4.97. The van der Waals surface area contributed by atoms with E-state index >= 15 is 0 Å². The van der Waals surface area contributed by atoms with E-state index in [0.717, 1.165) is 27.7 Å². The van der Waals surface area contributed by atoms with Crippen molar-refractivity contribution in [1.82, 2.24) is 4.98 Å². The minimum absolute atomic E-state index is 0.0472. The van der Waals surface area contributed by atoms with Gasteiger partial charge in [0, 0.05) is 35.0 Å². The highest BCUT2D eigenvalue weighted by Gasteiger charge is 2.38. The summed E-state index contributed by atoms with van der Waals surface area (Å²) in [6, 6.07) is 14.0. The van der Waals surface area contributed by atoms with E-state index in [2.05, 4.69) is 4.98 Å². The van der Waals surface area contributed by atoms with Gasteiger partial charge in [-0.25, -0.2) is 4.79 Å². The standard InChI is InChI=1S/C19H17N3O4/c1-26-19(23)16-10-14-13-4-2-3-5-15(13)20-18(14)17(21-16)11-6-8-12(9-7-11)22(24)25/h2-9,16-17,20-21H,10H2,1H3/p+1/t16-,17+/m1/s1. The van der Waals surface area contributed by atoms with Gasteiger partial charge in [-0.05, 0) is 23.8 Å². The molecule has 1 aliphatic heterocycles. The lowest BCUT2D eigenvalue weighted by Gasteiger charge is -2.26. The minimum Gasteiger partial charge on any atom is -0.465 e. The van der Waals surface area contributed by atoms with Crippen LogP contribution >= 0.6 is 0 Å². The van der Waals surface area contributed by atoms with Crippen LogP contribution in [0.15, 0.2) is 48.5 Å². The summed E-state index contributed by atoms with van der Waals surface area (Å²) in [5.41, 5.74) is 4.09. The summed E-state index contributed by atoms with van der Waals surface area (Å²) in [5.74, 6) is -0.271. The first-order chi connectivity index (χ1) is 12.6. The number of quaternary nitrogens is 1. The van der Waals surface area contributed by atoms with Crippen molar-refractivity contribution in [1.29, 1.82) is 0 Å². The molecule has 1 aromatic heterocycles. The van der Waals surface area contributed by atoms with E-state index in [1.54, 1.807) is 12.1 Å². The molecule has 0 unspecified atom stereocenters. The maximum atomic E-state index is 12.2. The molecule has 0 bridgehead atoms. The number of fused-ring (bicyclic) bond motifs is 3. The van der Waals surface area contributed by atoms with Gasteiger partial charge in [0.2, 0.25) is 0 Å². The second-order valence-electron chi connectivity index (χ2n) is 6.42. The van der Waals surface area contributed by atoms with Gasteiger partial charge in [-0.1, -0.05) is 18.2 Å². The van der Waals surface area contributed by atoms with Crippen LogP contribution in [0.4, 0.5) is 5.69 Å². The SMILES string of the molecule is COC(=O)[C@H]1Cc2c([nH]c3ccccc23)[C@H](c2ccc([N+](=O)[O-])cc2)[NH2+]1. The Hall–Kier alpha value is -3.19. The van der Waals surface area contributed by atoms with Crippen molar-refractivity contribution in [3.05, 3.63) is 75.5 Å². The van der Waals surface area contributed by atoms with Crippen molar-refractivity contribution in [3.63, 3.8) is 0 Å². The number of benzene rings is 2. The molecule has 0 saturated carbocycles. The number of hydrogen-bond acceptors (Lipinski definition) is 4. The maximum Gasteiger partial charge on any atom is 0.364 e. The number of ether oxygens (including phenoxy) is 1. The molecule has 26 heavy (non-hydrogen) atoms. The summed E-state index contributed by atoms with van der Waals surface area (Å²) < 4.78 is 4.96. The number of nitrogens with zero attached hydrogens (tertiary/aromatic N) is 1. The third kappa shape index (κ3) is 2.62. The van der Waals surface area contributed by atoms with Crippen molar-refractivity contribution in [2.75, 3.05) is 7.11 Å². The fraction of sp³-hybridized carbons (Fsp3) is 0.211. The zero-order valence-electron chi connectivity index (χ0n) is 14.1. The van der Waals surface area contributed by atoms with Crippen LogP contribution in [0.25, 0.3) is 10.9 Å². The molecule has 7 heteroatoms. The van der Waals surface area contributed by atoms with Gasteiger partial charge in [0.15, 0.2) is 12.1 Å². The molecule has 7 nitrogen and oxygen atoms in total. The molecule has 1 aliphatic rings. The summed E-state index contributed by atoms with van der Waals surface area (Å²) >= 11 is 0. The molecule has 0 spiro atoms. The second kappa shape index (κ2) is 6.27. The second-order valence-corrected chi connectivity index (χ2v) is 6.42. The quantitative estimate of drug-likeness (QED) is 0.426. The van der Waals surface area contributed by atoms with Crippen molar-refractivity contribution in [2.45, 2.75) is 18.5 Å². The van der Waals surface area contributed by atoms with Gasteiger partial charge >= 0.3 is 5.97 Å². The van der Waals surface area contributed by atoms with Gasteiger partial charge in [-0.3, -0.25) is 10.1 Å². The number of non-ortho nitro benzene ring substituents is 1. The van der Waals surface area contributed by atoms with Crippen LogP contribution in [-0.2, 0) is 16.0 Å². The van der Waals surface area contributed by atoms with E-state index in [4.69, 9.17) is 4.74 Å². The van der Waals surface area contributed by atoms with Crippen LogP contribution in [0.2, 0.25) is 0 Å². The van der Waals surface area contributed by atoms with Gasteiger partial charge in [-0.15, -0.1) is 0 Å². The molecular weight excluding hydrogens is 334 g/mol. The molecule has 2 aromatic carbocycles. The lowest BCUT2D eigenvalue weighted by Crippen LogP contribution is -2.94. The number of rotatable bonds is 3. The molecular formula is C19H18N3O4+. The van der Waals surface area contributed by atoms with Gasteiger partial charge in [-0.2, -0.15) is 0 Å². The zero-order chi connectivity index (χ0) is 18.3. The normalized spacial score (nSPS) is 19.1.